The molecule has 2 N–H and O–H groups in total. The lowest BCUT2D eigenvalue weighted by Crippen LogP contribution is -1.96. The van der Waals surface area contributed by atoms with Crippen molar-refractivity contribution in [2.24, 2.45) is 0 Å². The molecule has 1 aromatic heterocycles. The van der Waals surface area contributed by atoms with Gasteiger partial charge in [0, 0.05) is 50.0 Å². The largest absolute Gasteiger partial charge is 0.456 e. The van der Waals surface area contributed by atoms with Crippen molar-refractivity contribution in [3.8, 4) is 44.5 Å². The highest BCUT2D eigenvalue weighted by molar-refractivity contribution is 6.06. The number of anilines is 4. The normalized spacial score (nSPS) is 11.3. The number of nitrogens with one attached hydrogen (secondary N) is 2. The van der Waals surface area contributed by atoms with Crippen molar-refractivity contribution >= 4 is 55.5 Å². The Bertz CT molecular complexity index is 2970. The van der Waals surface area contributed by atoms with E-state index in [1.165, 1.54) is 21.9 Å². The van der Waals surface area contributed by atoms with Crippen LogP contribution in [0.2, 0.25) is 0 Å². The van der Waals surface area contributed by atoms with Crippen molar-refractivity contribution < 1.29 is 4.42 Å². The number of furan rings is 1. The summed E-state index contributed by atoms with van der Waals surface area (Å²) in [6.07, 6.45) is 0. The Morgan fingerprint density at radius 2 is 0.873 bits per heavy atom. The minimum absolute atomic E-state index is 0.876. The van der Waals surface area contributed by atoms with Gasteiger partial charge in [0.25, 0.3) is 0 Å². The molecule has 0 atom stereocenters. The van der Waals surface area contributed by atoms with Gasteiger partial charge >= 0.3 is 0 Å². The van der Waals surface area contributed by atoms with Gasteiger partial charge in [0.15, 0.2) is 0 Å². The maximum atomic E-state index is 6.36. The summed E-state index contributed by atoms with van der Waals surface area (Å²) in [5.41, 5.74) is 15.1. The van der Waals surface area contributed by atoms with E-state index >= 15 is 0 Å². The van der Waals surface area contributed by atoms with E-state index in [1.807, 2.05) is 18.2 Å². The highest BCUT2D eigenvalue weighted by Crippen LogP contribution is 2.40. The first-order valence-electron chi connectivity index (χ1n) is 18.7. The summed E-state index contributed by atoms with van der Waals surface area (Å²) in [6.45, 7) is 0. The van der Waals surface area contributed by atoms with Crippen molar-refractivity contribution in [2.75, 3.05) is 10.6 Å². The standard InChI is InChI=1S/C52H36N2O/c1-2-12-35(13-3-1)36-24-28-42(29-25-36)53-48-21-8-6-19-44(48)40-17-10-16-38(32-40)39-27-31-50(54-49-22-11-15-37-14-4-5-18-43(37)49)47(33-39)41-26-30-46-45-20-7-9-23-51(45)55-52(46)34-41/h1-34,53-54H. The van der Waals surface area contributed by atoms with E-state index in [9.17, 15) is 0 Å². The molecule has 10 aromatic rings. The molecule has 3 heteroatoms. The Morgan fingerprint density at radius 1 is 0.291 bits per heavy atom. The number of rotatable bonds is 8. The molecule has 0 aliphatic rings. The Kier molecular flexibility index (Phi) is 8.16. The first-order chi connectivity index (χ1) is 27.2. The van der Waals surface area contributed by atoms with E-state index in [0.29, 0.717) is 0 Å². The van der Waals surface area contributed by atoms with Crippen LogP contribution in [0.25, 0.3) is 77.2 Å². The summed E-state index contributed by atoms with van der Waals surface area (Å²) in [4.78, 5) is 0. The summed E-state index contributed by atoms with van der Waals surface area (Å²) >= 11 is 0. The Balaban J connectivity index is 1.03. The molecule has 10 rings (SSSR count). The van der Waals surface area contributed by atoms with Gasteiger partial charge in [0.1, 0.15) is 11.2 Å². The number of hydrogen-bond acceptors (Lipinski definition) is 3. The first-order valence-corrected chi connectivity index (χ1v) is 18.7. The SMILES string of the molecule is c1ccc(-c2ccc(Nc3ccccc3-c3cccc(-c4ccc(Nc5cccc6ccccc56)c(-c5ccc6c(c5)oc5ccccc56)c4)c3)cc2)cc1. The third kappa shape index (κ3) is 6.28. The van der Waals surface area contributed by atoms with Crippen molar-refractivity contribution in [3.63, 3.8) is 0 Å². The van der Waals surface area contributed by atoms with Crippen LogP contribution in [-0.2, 0) is 0 Å². The molecule has 0 aliphatic heterocycles. The number of hydrogen-bond donors (Lipinski definition) is 2. The molecule has 0 spiro atoms. The van der Waals surface area contributed by atoms with Gasteiger partial charge in [-0.15, -0.1) is 0 Å². The zero-order valence-electron chi connectivity index (χ0n) is 30.0. The third-order valence-electron chi connectivity index (χ3n) is 10.5. The van der Waals surface area contributed by atoms with E-state index < -0.39 is 0 Å². The van der Waals surface area contributed by atoms with E-state index in [-0.39, 0.29) is 0 Å². The smallest absolute Gasteiger partial charge is 0.136 e. The van der Waals surface area contributed by atoms with Crippen LogP contribution in [0.1, 0.15) is 0 Å². The molecule has 0 radical (unpaired) electrons. The Labute approximate surface area is 320 Å². The van der Waals surface area contributed by atoms with Crippen molar-refractivity contribution in [1.29, 1.82) is 0 Å². The summed E-state index contributed by atoms with van der Waals surface area (Å²) in [5.74, 6) is 0. The molecule has 0 saturated carbocycles. The molecule has 9 aromatic carbocycles. The Morgan fingerprint density at radius 3 is 1.78 bits per heavy atom. The van der Waals surface area contributed by atoms with E-state index in [1.54, 1.807) is 0 Å². The second-order valence-corrected chi connectivity index (χ2v) is 13.9. The monoisotopic (exact) mass is 704 g/mol. The molecule has 0 fully saturated rings. The lowest BCUT2D eigenvalue weighted by atomic mass is 9.94. The summed E-state index contributed by atoms with van der Waals surface area (Å²) in [5, 5.41) is 12.1. The second kappa shape index (κ2) is 13.9. The summed E-state index contributed by atoms with van der Waals surface area (Å²) in [7, 11) is 0. The fourth-order valence-electron chi connectivity index (χ4n) is 7.69. The second-order valence-electron chi connectivity index (χ2n) is 13.9. The summed E-state index contributed by atoms with van der Waals surface area (Å²) in [6, 6.07) is 72.9. The minimum Gasteiger partial charge on any atom is -0.456 e. The molecule has 0 aliphatic carbocycles. The van der Waals surface area contributed by atoms with Gasteiger partial charge in [-0.2, -0.15) is 0 Å². The topological polar surface area (TPSA) is 37.2 Å². The average Bonchev–Trinajstić information content (AvgIpc) is 3.63. The molecule has 3 nitrogen and oxygen atoms in total. The number of fused-ring (bicyclic) bond motifs is 4. The molecule has 0 saturated heterocycles. The van der Waals surface area contributed by atoms with Gasteiger partial charge in [-0.05, 0) is 99.4 Å². The van der Waals surface area contributed by atoms with Crippen LogP contribution in [0.5, 0.6) is 0 Å². The van der Waals surface area contributed by atoms with Crippen LogP contribution in [-0.4, -0.2) is 0 Å². The summed E-state index contributed by atoms with van der Waals surface area (Å²) < 4.78 is 6.36. The number of para-hydroxylation sites is 2. The van der Waals surface area contributed by atoms with Gasteiger partial charge in [-0.3, -0.25) is 0 Å². The van der Waals surface area contributed by atoms with Gasteiger partial charge in [-0.25, -0.2) is 0 Å². The zero-order valence-corrected chi connectivity index (χ0v) is 30.0. The fraction of sp³-hybridized carbons (Fsp3) is 0. The molecule has 0 amide bonds. The molecule has 0 unspecified atom stereocenters. The average molecular weight is 705 g/mol. The predicted octanol–water partition coefficient (Wildman–Crippen LogP) is 14.9. The lowest BCUT2D eigenvalue weighted by Gasteiger charge is -2.17. The quantitative estimate of drug-likeness (QED) is 0.165. The van der Waals surface area contributed by atoms with Gasteiger partial charge in [0.2, 0.25) is 0 Å². The van der Waals surface area contributed by atoms with Crippen LogP contribution >= 0.6 is 0 Å². The van der Waals surface area contributed by atoms with Crippen LogP contribution in [0.15, 0.2) is 211 Å². The maximum absolute atomic E-state index is 6.36. The molecule has 55 heavy (non-hydrogen) atoms. The molecular formula is C52H36N2O. The third-order valence-corrected chi connectivity index (χ3v) is 10.5. The van der Waals surface area contributed by atoms with Crippen LogP contribution in [0.4, 0.5) is 22.7 Å². The van der Waals surface area contributed by atoms with Crippen LogP contribution < -0.4 is 10.6 Å². The highest BCUT2D eigenvalue weighted by atomic mass is 16.3. The van der Waals surface area contributed by atoms with E-state index in [0.717, 1.165) is 78.1 Å². The van der Waals surface area contributed by atoms with Gasteiger partial charge in [-0.1, -0.05) is 146 Å². The van der Waals surface area contributed by atoms with Gasteiger partial charge < -0.3 is 15.1 Å². The van der Waals surface area contributed by atoms with Gasteiger partial charge in [0.05, 0.1) is 0 Å². The Hall–Kier alpha value is -7.36. The molecule has 0 bridgehead atoms. The van der Waals surface area contributed by atoms with E-state index in [2.05, 4.69) is 199 Å². The van der Waals surface area contributed by atoms with Crippen LogP contribution in [0, 0.1) is 0 Å². The minimum atomic E-state index is 0.876. The molecule has 260 valence electrons. The molecule has 1 heterocycles. The fourth-order valence-corrected chi connectivity index (χ4v) is 7.69. The molecular weight excluding hydrogens is 669 g/mol. The lowest BCUT2D eigenvalue weighted by molar-refractivity contribution is 0.669. The zero-order chi connectivity index (χ0) is 36.6. The van der Waals surface area contributed by atoms with Crippen molar-refractivity contribution in [3.05, 3.63) is 206 Å². The maximum Gasteiger partial charge on any atom is 0.136 e. The van der Waals surface area contributed by atoms with Crippen molar-refractivity contribution in [1.82, 2.24) is 0 Å². The first kappa shape index (κ1) is 32.3. The number of benzene rings is 9. The van der Waals surface area contributed by atoms with Crippen LogP contribution in [0.3, 0.4) is 0 Å². The van der Waals surface area contributed by atoms with Crippen molar-refractivity contribution in [2.45, 2.75) is 0 Å². The predicted molar refractivity (Wildman–Crippen MR) is 232 cm³/mol. The highest BCUT2D eigenvalue weighted by Gasteiger charge is 2.15. The van der Waals surface area contributed by atoms with E-state index in [4.69, 9.17) is 4.42 Å².